The fourth-order valence-corrected chi connectivity index (χ4v) is 4.44. The van der Waals surface area contributed by atoms with Gasteiger partial charge in [-0.25, -0.2) is 4.68 Å². The molecule has 2 aromatic carbocycles. The minimum atomic E-state index is -0.453. The number of anilines is 2. The molecule has 2 aliphatic rings. The summed E-state index contributed by atoms with van der Waals surface area (Å²) >= 11 is 0. The van der Waals surface area contributed by atoms with Gasteiger partial charge in [-0.2, -0.15) is 5.10 Å². The van der Waals surface area contributed by atoms with E-state index in [2.05, 4.69) is 15.7 Å². The van der Waals surface area contributed by atoms with E-state index in [1.165, 1.54) is 0 Å². The molecule has 1 amide bonds. The predicted molar refractivity (Wildman–Crippen MR) is 122 cm³/mol. The normalized spacial score (nSPS) is 17.3. The molecule has 0 bridgehead atoms. The lowest BCUT2D eigenvalue weighted by Gasteiger charge is -2.34. The van der Waals surface area contributed by atoms with Crippen molar-refractivity contribution in [2.45, 2.75) is 32.2 Å². The Morgan fingerprint density at radius 2 is 1.94 bits per heavy atom. The summed E-state index contributed by atoms with van der Waals surface area (Å²) in [5.41, 5.74) is 4.65. The number of rotatable bonds is 4. The first-order chi connectivity index (χ1) is 15.6. The van der Waals surface area contributed by atoms with Gasteiger partial charge in [-0.3, -0.25) is 9.59 Å². The molecule has 0 saturated heterocycles. The third-order valence-corrected chi connectivity index (χ3v) is 6.03. The number of Topliss-reactive ketones (excluding diaryl/α,β-unsaturated/α-hetero) is 1. The maximum Gasteiger partial charge on any atom is 0.261 e. The van der Waals surface area contributed by atoms with Crippen molar-refractivity contribution in [3.8, 4) is 5.75 Å². The molecule has 5 rings (SSSR count). The fraction of sp³-hybridized carbons (Fsp3) is 0.240. The largest absolute Gasteiger partial charge is 0.496 e. The first kappa shape index (κ1) is 20.1. The third kappa shape index (κ3) is 3.36. The molecule has 32 heavy (non-hydrogen) atoms. The first-order valence-electron chi connectivity index (χ1n) is 10.7. The van der Waals surface area contributed by atoms with Crippen LogP contribution in [0.5, 0.6) is 5.75 Å². The number of fused-ring (bicyclic) bond motifs is 1. The highest BCUT2D eigenvalue weighted by Crippen LogP contribution is 2.43. The van der Waals surface area contributed by atoms with Crippen molar-refractivity contribution >= 4 is 23.2 Å². The number of nitrogens with one attached hydrogen (secondary N) is 2. The molecule has 0 radical (unpaired) electrons. The molecule has 1 aliphatic carbocycles. The standard InChI is InChI=1S/C25H24N4O3/c1-15-10-12-16(13-11-15)27-25(31)18-14-26-29-23(17-6-3-4-9-21(17)32-2)22-19(28-24(18)29)7-5-8-20(22)30/h3-4,6,9-14,23,28H,5,7-8H2,1-2H3,(H,27,31)/t23-/m1/s1. The highest BCUT2D eigenvalue weighted by Gasteiger charge is 2.38. The number of carbonyl (C=O) groups excluding carboxylic acids is 2. The van der Waals surface area contributed by atoms with Gasteiger partial charge in [-0.1, -0.05) is 35.9 Å². The summed E-state index contributed by atoms with van der Waals surface area (Å²) in [6.45, 7) is 2.00. The molecule has 0 fully saturated rings. The molecular formula is C25H24N4O3. The molecular weight excluding hydrogens is 404 g/mol. The summed E-state index contributed by atoms with van der Waals surface area (Å²) in [6.07, 6.45) is 3.58. The van der Waals surface area contributed by atoms with Gasteiger partial charge >= 0.3 is 0 Å². The molecule has 2 N–H and O–H groups in total. The van der Waals surface area contributed by atoms with Crippen LogP contribution in [0.1, 0.15) is 46.8 Å². The SMILES string of the molecule is COc1ccccc1[C@@H]1C2=C(CCCC2=O)Nc2c(C(=O)Nc3ccc(C)cc3)cnn21. The smallest absolute Gasteiger partial charge is 0.261 e. The third-order valence-electron chi connectivity index (χ3n) is 6.03. The summed E-state index contributed by atoms with van der Waals surface area (Å²) < 4.78 is 7.32. The number of aryl methyl sites for hydroxylation is 1. The van der Waals surface area contributed by atoms with E-state index in [-0.39, 0.29) is 11.7 Å². The second-order valence-corrected chi connectivity index (χ2v) is 8.11. The zero-order valence-corrected chi connectivity index (χ0v) is 18.0. The van der Waals surface area contributed by atoms with Crippen molar-refractivity contribution < 1.29 is 14.3 Å². The zero-order valence-electron chi connectivity index (χ0n) is 18.0. The topological polar surface area (TPSA) is 85.2 Å². The van der Waals surface area contributed by atoms with Crippen LogP contribution in [0, 0.1) is 6.92 Å². The maximum atomic E-state index is 13.1. The molecule has 162 valence electrons. The fourth-order valence-electron chi connectivity index (χ4n) is 4.44. The summed E-state index contributed by atoms with van der Waals surface area (Å²) in [5, 5.41) is 10.8. The number of ketones is 1. The van der Waals surface area contributed by atoms with E-state index in [1.807, 2.05) is 55.5 Å². The van der Waals surface area contributed by atoms with Crippen LogP contribution in [-0.4, -0.2) is 28.6 Å². The van der Waals surface area contributed by atoms with E-state index < -0.39 is 6.04 Å². The van der Waals surface area contributed by atoms with Crippen molar-refractivity contribution in [2.75, 3.05) is 17.7 Å². The molecule has 7 nitrogen and oxygen atoms in total. The van der Waals surface area contributed by atoms with Crippen LogP contribution in [0.25, 0.3) is 0 Å². The lowest BCUT2D eigenvalue weighted by molar-refractivity contribution is -0.116. The van der Waals surface area contributed by atoms with Gasteiger partial charge in [0.15, 0.2) is 5.78 Å². The Morgan fingerprint density at radius 3 is 2.72 bits per heavy atom. The van der Waals surface area contributed by atoms with Gasteiger partial charge in [0, 0.05) is 28.9 Å². The van der Waals surface area contributed by atoms with Crippen LogP contribution in [0.2, 0.25) is 0 Å². The Hall–Kier alpha value is -3.87. The predicted octanol–water partition coefficient (Wildman–Crippen LogP) is 4.47. The van der Waals surface area contributed by atoms with Gasteiger partial charge in [0.2, 0.25) is 0 Å². The molecule has 0 saturated carbocycles. The number of ether oxygens (including phenoxy) is 1. The Bertz CT molecular complexity index is 1240. The maximum absolute atomic E-state index is 13.1. The van der Waals surface area contributed by atoms with Crippen molar-refractivity contribution in [3.63, 3.8) is 0 Å². The number of methoxy groups -OCH3 is 1. The van der Waals surface area contributed by atoms with Gasteiger partial charge < -0.3 is 15.4 Å². The van der Waals surface area contributed by atoms with Gasteiger partial charge in [0.25, 0.3) is 5.91 Å². The molecule has 2 heterocycles. The Morgan fingerprint density at radius 1 is 1.16 bits per heavy atom. The second-order valence-electron chi connectivity index (χ2n) is 8.11. The minimum absolute atomic E-state index is 0.0986. The van der Waals surface area contributed by atoms with Gasteiger partial charge in [-0.15, -0.1) is 0 Å². The number of allylic oxidation sites excluding steroid dienone is 2. The summed E-state index contributed by atoms with van der Waals surface area (Å²) in [7, 11) is 1.61. The highest BCUT2D eigenvalue weighted by molar-refractivity contribution is 6.08. The Kier molecular flexibility index (Phi) is 5.01. The van der Waals surface area contributed by atoms with Crippen molar-refractivity contribution in [3.05, 3.63) is 82.7 Å². The van der Waals surface area contributed by atoms with Crippen LogP contribution in [-0.2, 0) is 4.79 Å². The average Bonchev–Trinajstić information content (AvgIpc) is 3.23. The number of hydrogen-bond acceptors (Lipinski definition) is 5. The molecule has 1 aliphatic heterocycles. The zero-order chi connectivity index (χ0) is 22.2. The highest BCUT2D eigenvalue weighted by atomic mass is 16.5. The quantitative estimate of drug-likeness (QED) is 0.640. The van der Waals surface area contributed by atoms with E-state index in [1.54, 1.807) is 18.0 Å². The monoisotopic (exact) mass is 428 g/mol. The molecule has 1 atom stereocenters. The average molecular weight is 428 g/mol. The van der Waals surface area contributed by atoms with Crippen molar-refractivity contribution in [2.24, 2.45) is 0 Å². The molecule has 7 heteroatoms. The van der Waals surface area contributed by atoms with Crippen LogP contribution in [0.15, 0.2) is 66.0 Å². The lowest BCUT2D eigenvalue weighted by Crippen LogP contribution is -2.32. The van der Waals surface area contributed by atoms with E-state index in [9.17, 15) is 9.59 Å². The van der Waals surface area contributed by atoms with Crippen LogP contribution in [0.3, 0.4) is 0 Å². The van der Waals surface area contributed by atoms with Gasteiger partial charge in [0.1, 0.15) is 23.2 Å². The van der Waals surface area contributed by atoms with Gasteiger partial charge in [0.05, 0.1) is 13.3 Å². The van der Waals surface area contributed by atoms with E-state index in [4.69, 9.17) is 4.74 Å². The van der Waals surface area contributed by atoms with E-state index in [0.29, 0.717) is 34.8 Å². The number of amides is 1. The lowest BCUT2D eigenvalue weighted by atomic mass is 9.85. The summed E-state index contributed by atoms with van der Waals surface area (Å²) in [4.78, 5) is 26.1. The van der Waals surface area contributed by atoms with Crippen LogP contribution >= 0.6 is 0 Å². The van der Waals surface area contributed by atoms with E-state index in [0.717, 1.165) is 29.7 Å². The molecule has 3 aromatic rings. The summed E-state index contributed by atoms with van der Waals surface area (Å²) in [6, 6.07) is 14.8. The van der Waals surface area contributed by atoms with Crippen LogP contribution in [0.4, 0.5) is 11.5 Å². The number of hydrogen-bond donors (Lipinski definition) is 2. The van der Waals surface area contributed by atoms with Crippen molar-refractivity contribution in [1.82, 2.24) is 9.78 Å². The molecule has 0 unspecified atom stereocenters. The van der Waals surface area contributed by atoms with Gasteiger partial charge in [-0.05, 0) is 38.0 Å². The number of carbonyl (C=O) groups is 2. The number of benzene rings is 2. The Balaban J connectivity index is 1.59. The second kappa shape index (κ2) is 8.00. The number of para-hydroxylation sites is 1. The number of nitrogens with zero attached hydrogens (tertiary/aromatic N) is 2. The van der Waals surface area contributed by atoms with Crippen LogP contribution < -0.4 is 15.4 Å². The minimum Gasteiger partial charge on any atom is -0.496 e. The molecule has 0 spiro atoms. The van der Waals surface area contributed by atoms with E-state index >= 15 is 0 Å². The molecule has 1 aromatic heterocycles. The van der Waals surface area contributed by atoms with Crippen molar-refractivity contribution in [1.29, 1.82) is 0 Å². The summed E-state index contributed by atoms with van der Waals surface area (Å²) in [5.74, 6) is 1.10. The number of aromatic nitrogens is 2. The Labute approximate surface area is 186 Å². The first-order valence-corrected chi connectivity index (χ1v) is 10.7.